The summed E-state index contributed by atoms with van der Waals surface area (Å²) in [4.78, 5) is 12.7. The second kappa shape index (κ2) is 4.51. The van der Waals surface area contributed by atoms with Crippen LogP contribution in [0.25, 0.3) is 16.7 Å². The van der Waals surface area contributed by atoms with E-state index in [-0.39, 0.29) is 5.56 Å². The zero-order valence-corrected chi connectivity index (χ0v) is 11.8. The van der Waals surface area contributed by atoms with E-state index >= 15 is 0 Å². The van der Waals surface area contributed by atoms with Gasteiger partial charge in [-0.25, -0.2) is 0 Å². The molecule has 0 atom stereocenters. The Morgan fingerprint density at radius 3 is 2.90 bits per heavy atom. The minimum Gasteiger partial charge on any atom is -0.343 e. The lowest BCUT2D eigenvalue weighted by Crippen LogP contribution is -2.22. The third kappa shape index (κ3) is 1.86. The van der Waals surface area contributed by atoms with E-state index in [1.807, 2.05) is 19.1 Å². The predicted molar refractivity (Wildman–Crippen MR) is 78.6 cm³/mol. The molecular formula is C15H15N5O. The van der Waals surface area contributed by atoms with Gasteiger partial charge < -0.3 is 4.57 Å². The molecule has 0 aromatic carbocycles. The molecule has 0 bridgehead atoms. The van der Waals surface area contributed by atoms with Crippen LogP contribution in [-0.4, -0.2) is 24.5 Å². The smallest absolute Gasteiger partial charge is 0.282 e. The molecule has 6 heteroatoms. The molecule has 21 heavy (non-hydrogen) atoms. The Kier molecular flexibility index (Phi) is 2.63. The highest BCUT2D eigenvalue weighted by Gasteiger charge is 2.17. The van der Waals surface area contributed by atoms with Crippen molar-refractivity contribution in [1.82, 2.24) is 24.5 Å². The van der Waals surface area contributed by atoms with Crippen LogP contribution in [0.15, 0.2) is 29.2 Å². The van der Waals surface area contributed by atoms with Crippen molar-refractivity contribution >= 4 is 10.9 Å². The molecule has 1 aliphatic heterocycles. The van der Waals surface area contributed by atoms with Gasteiger partial charge in [0.05, 0.1) is 22.8 Å². The van der Waals surface area contributed by atoms with Gasteiger partial charge in [0.2, 0.25) is 0 Å². The molecule has 106 valence electrons. The molecule has 6 nitrogen and oxygen atoms in total. The molecule has 3 aromatic heterocycles. The lowest BCUT2D eigenvalue weighted by molar-refractivity contribution is 0.544. The second-order valence-electron chi connectivity index (χ2n) is 5.44. The van der Waals surface area contributed by atoms with Gasteiger partial charge in [0, 0.05) is 12.2 Å². The van der Waals surface area contributed by atoms with E-state index in [0.717, 1.165) is 30.6 Å². The standard InChI is InChI=1S/C15H15N5O/c1-10-5-6-14(18-17-10)20-15(21)12-8-11-4-2-3-7-19(11)13(12)9-16-20/h5-6,8-9H,2-4,7H2,1H3. The van der Waals surface area contributed by atoms with Crippen LogP contribution in [0.4, 0.5) is 0 Å². The number of hydrogen-bond donors (Lipinski definition) is 0. The van der Waals surface area contributed by atoms with Gasteiger partial charge in [-0.05, 0) is 44.4 Å². The number of nitrogens with zero attached hydrogens (tertiary/aromatic N) is 5. The van der Waals surface area contributed by atoms with Crippen molar-refractivity contribution in [3.8, 4) is 5.82 Å². The number of aromatic nitrogens is 5. The summed E-state index contributed by atoms with van der Waals surface area (Å²) in [6, 6.07) is 5.58. The highest BCUT2D eigenvalue weighted by Crippen LogP contribution is 2.22. The van der Waals surface area contributed by atoms with E-state index in [2.05, 4.69) is 19.9 Å². The highest BCUT2D eigenvalue weighted by molar-refractivity contribution is 5.79. The third-order valence-electron chi connectivity index (χ3n) is 4.01. The van der Waals surface area contributed by atoms with Crippen molar-refractivity contribution in [2.75, 3.05) is 0 Å². The molecule has 0 amide bonds. The van der Waals surface area contributed by atoms with Crippen LogP contribution in [0.3, 0.4) is 0 Å². The molecule has 0 spiro atoms. The molecular weight excluding hydrogens is 266 g/mol. The van der Waals surface area contributed by atoms with Crippen LogP contribution in [0, 0.1) is 6.92 Å². The van der Waals surface area contributed by atoms with Crippen molar-refractivity contribution < 1.29 is 0 Å². The molecule has 0 saturated carbocycles. The first-order valence-corrected chi connectivity index (χ1v) is 7.15. The quantitative estimate of drug-likeness (QED) is 0.680. The summed E-state index contributed by atoms with van der Waals surface area (Å²) in [7, 11) is 0. The number of aryl methyl sites for hydroxylation is 3. The lowest BCUT2D eigenvalue weighted by Gasteiger charge is -2.15. The van der Waals surface area contributed by atoms with Gasteiger partial charge in [-0.3, -0.25) is 4.79 Å². The topological polar surface area (TPSA) is 65.6 Å². The molecule has 1 aliphatic rings. The molecule has 0 fully saturated rings. The zero-order valence-electron chi connectivity index (χ0n) is 11.8. The molecule has 0 unspecified atom stereocenters. The first kappa shape index (κ1) is 12.3. The Balaban J connectivity index is 1.94. The van der Waals surface area contributed by atoms with E-state index in [1.54, 1.807) is 12.3 Å². The SMILES string of the molecule is Cc1ccc(-n2ncc3c(cc4n3CCCC4)c2=O)nn1. The summed E-state index contributed by atoms with van der Waals surface area (Å²) in [5.41, 5.74) is 2.83. The van der Waals surface area contributed by atoms with Crippen molar-refractivity contribution in [2.45, 2.75) is 32.7 Å². The minimum absolute atomic E-state index is 0.132. The molecule has 3 aromatic rings. The van der Waals surface area contributed by atoms with Crippen molar-refractivity contribution in [3.63, 3.8) is 0 Å². The normalized spacial score (nSPS) is 14.3. The van der Waals surface area contributed by atoms with Crippen molar-refractivity contribution in [3.05, 3.63) is 46.1 Å². The van der Waals surface area contributed by atoms with Gasteiger partial charge in [0.1, 0.15) is 0 Å². The van der Waals surface area contributed by atoms with E-state index in [9.17, 15) is 4.79 Å². The summed E-state index contributed by atoms with van der Waals surface area (Å²) in [5, 5.41) is 13.0. The molecule has 4 heterocycles. The Morgan fingerprint density at radius 2 is 2.10 bits per heavy atom. The van der Waals surface area contributed by atoms with Crippen LogP contribution >= 0.6 is 0 Å². The minimum atomic E-state index is -0.132. The Morgan fingerprint density at radius 1 is 1.19 bits per heavy atom. The van der Waals surface area contributed by atoms with Crippen LogP contribution in [-0.2, 0) is 13.0 Å². The number of rotatable bonds is 1. The summed E-state index contributed by atoms with van der Waals surface area (Å²) in [6.45, 7) is 2.83. The van der Waals surface area contributed by atoms with Gasteiger partial charge in [-0.15, -0.1) is 5.10 Å². The predicted octanol–water partition coefficient (Wildman–Crippen LogP) is 1.62. The summed E-state index contributed by atoms with van der Waals surface area (Å²) >= 11 is 0. The van der Waals surface area contributed by atoms with Crippen molar-refractivity contribution in [1.29, 1.82) is 0 Å². The molecule has 0 radical (unpaired) electrons. The average molecular weight is 281 g/mol. The largest absolute Gasteiger partial charge is 0.343 e. The van der Waals surface area contributed by atoms with Gasteiger partial charge in [0.25, 0.3) is 5.56 Å². The van der Waals surface area contributed by atoms with Gasteiger partial charge in [-0.2, -0.15) is 14.9 Å². The van der Waals surface area contributed by atoms with Crippen molar-refractivity contribution in [2.24, 2.45) is 0 Å². The lowest BCUT2D eigenvalue weighted by atomic mass is 10.1. The van der Waals surface area contributed by atoms with Crippen LogP contribution in [0.5, 0.6) is 0 Å². The number of hydrogen-bond acceptors (Lipinski definition) is 4. The first-order valence-electron chi connectivity index (χ1n) is 7.15. The maximum Gasteiger partial charge on any atom is 0.282 e. The van der Waals surface area contributed by atoms with E-state index in [4.69, 9.17) is 0 Å². The van der Waals surface area contributed by atoms with E-state index in [1.165, 1.54) is 16.8 Å². The average Bonchev–Trinajstić information content (AvgIpc) is 2.89. The van der Waals surface area contributed by atoms with Gasteiger partial charge >= 0.3 is 0 Å². The van der Waals surface area contributed by atoms with Gasteiger partial charge in [0.15, 0.2) is 5.82 Å². The number of fused-ring (bicyclic) bond motifs is 3. The van der Waals surface area contributed by atoms with Gasteiger partial charge in [-0.1, -0.05) is 0 Å². The Bertz CT molecular complexity index is 875. The maximum absolute atomic E-state index is 12.7. The fraction of sp³-hybridized carbons (Fsp3) is 0.333. The van der Waals surface area contributed by atoms with Crippen LogP contribution < -0.4 is 5.56 Å². The molecule has 0 saturated heterocycles. The van der Waals surface area contributed by atoms with Crippen LogP contribution in [0.2, 0.25) is 0 Å². The molecule has 4 rings (SSSR count). The molecule has 0 N–H and O–H groups in total. The van der Waals surface area contributed by atoms with Crippen LogP contribution in [0.1, 0.15) is 24.2 Å². The highest BCUT2D eigenvalue weighted by atomic mass is 16.1. The first-order chi connectivity index (χ1) is 10.2. The zero-order chi connectivity index (χ0) is 14.4. The fourth-order valence-corrected chi connectivity index (χ4v) is 2.92. The van der Waals surface area contributed by atoms with E-state index in [0.29, 0.717) is 11.2 Å². The third-order valence-corrected chi connectivity index (χ3v) is 4.01. The monoisotopic (exact) mass is 281 g/mol. The fourth-order valence-electron chi connectivity index (χ4n) is 2.92. The summed E-state index contributed by atoms with van der Waals surface area (Å²) in [6.07, 6.45) is 5.12. The second-order valence-corrected chi connectivity index (χ2v) is 5.44. The Labute approximate surface area is 121 Å². The summed E-state index contributed by atoms with van der Waals surface area (Å²) < 4.78 is 3.53. The summed E-state index contributed by atoms with van der Waals surface area (Å²) in [5.74, 6) is 0.455. The van der Waals surface area contributed by atoms with E-state index < -0.39 is 0 Å². The molecule has 0 aliphatic carbocycles. The maximum atomic E-state index is 12.7. The Hall–Kier alpha value is -2.50.